The Morgan fingerprint density at radius 2 is 1.79 bits per heavy atom. The number of carbonyl (C=O) groups excluding carboxylic acids is 1. The van der Waals surface area contributed by atoms with Gasteiger partial charge >= 0.3 is 0 Å². The Bertz CT molecular complexity index is 993. The monoisotopic (exact) mass is 446 g/mol. The molecule has 1 saturated heterocycles. The Balaban J connectivity index is 1.51. The summed E-state index contributed by atoms with van der Waals surface area (Å²) in [4.78, 5) is 19.9. The third-order valence-electron chi connectivity index (χ3n) is 6.53. The van der Waals surface area contributed by atoms with Gasteiger partial charge in [0.05, 0.1) is 5.69 Å². The number of benzene rings is 2. The fourth-order valence-corrected chi connectivity index (χ4v) is 4.64. The minimum absolute atomic E-state index is 0.0620. The number of rotatable bonds is 6. The molecule has 2 aliphatic rings. The van der Waals surface area contributed by atoms with E-state index in [4.69, 9.17) is 10.7 Å². The van der Waals surface area contributed by atoms with Crippen molar-refractivity contribution >= 4 is 17.3 Å². The number of amides is 1. The molecule has 0 bridgehead atoms. The zero-order chi connectivity index (χ0) is 23.0. The highest BCUT2D eigenvalue weighted by molar-refractivity contribution is 6.09. The number of phenols is 1. The van der Waals surface area contributed by atoms with E-state index in [1.807, 2.05) is 11.0 Å². The van der Waals surface area contributed by atoms with E-state index in [1.54, 1.807) is 24.3 Å². The summed E-state index contributed by atoms with van der Waals surface area (Å²) in [7, 11) is 0. The number of nitrogens with one attached hydrogen (secondary N) is 1. The SMILES string of the molecule is N/C(C(=O)N1CCCCC1)=C1/CC(NCCc2ccccc2)CCC1=Nc1ccc(O)cc1. The Hall–Kier alpha value is -3.12. The molecule has 6 heteroatoms. The summed E-state index contributed by atoms with van der Waals surface area (Å²) in [6.07, 6.45) is 6.60. The Kier molecular flexibility index (Phi) is 7.79. The molecule has 4 rings (SSSR count). The number of carbonyl (C=O) groups is 1. The van der Waals surface area contributed by atoms with Crippen molar-refractivity contribution in [3.8, 4) is 5.75 Å². The van der Waals surface area contributed by atoms with Crippen LogP contribution in [0.3, 0.4) is 0 Å². The Labute approximate surface area is 196 Å². The summed E-state index contributed by atoms with van der Waals surface area (Å²) < 4.78 is 0. The van der Waals surface area contributed by atoms with Crippen LogP contribution in [0, 0.1) is 0 Å². The van der Waals surface area contributed by atoms with Crippen LogP contribution in [0.2, 0.25) is 0 Å². The van der Waals surface area contributed by atoms with E-state index >= 15 is 0 Å². The van der Waals surface area contributed by atoms with E-state index in [0.717, 1.165) is 68.7 Å². The van der Waals surface area contributed by atoms with Gasteiger partial charge in [-0.15, -0.1) is 0 Å². The molecule has 2 fully saturated rings. The standard InChI is InChI=1S/C27H34N4O2/c28-26(27(33)31-17-5-2-6-18-31)24-19-22(29-16-15-20-7-3-1-4-8-20)11-14-25(24)30-21-9-12-23(32)13-10-21/h1,3-4,7-10,12-13,22,29,32H,2,5-6,11,14-19,28H2/b26-24-,30-25?. The maximum Gasteiger partial charge on any atom is 0.270 e. The van der Waals surface area contributed by atoms with Gasteiger partial charge in [-0.2, -0.15) is 0 Å². The molecule has 0 radical (unpaired) electrons. The Morgan fingerprint density at radius 1 is 1.06 bits per heavy atom. The van der Waals surface area contributed by atoms with Crippen molar-refractivity contribution in [3.63, 3.8) is 0 Å². The first-order valence-electron chi connectivity index (χ1n) is 12.0. The molecule has 1 heterocycles. The first-order chi connectivity index (χ1) is 16.1. The van der Waals surface area contributed by atoms with Gasteiger partial charge in [0.25, 0.3) is 5.91 Å². The van der Waals surface area contributed by atoms with E-state index in [0.29, 0.717) is 12.1 Å². The lowest BCUT2D eigenvalue weighted by molar-refractivity contribution is -0.128. The largest absolute Gasteiger partial charge is 0.508 e. The number of aromatic hydroxyl groups is 1. The van der Waals surface area contributed by atoms with Crippen molar-refractivity contribution in [2.24, 2.45) is 10.7 Å². The second-order valence-corrected chi connectivity index (χ2v) is 8.95. The van der Waals surface area contributed by atoms with Gasteiger partial charge in [0.2, 0.25) is 0 Å². The smallest absolute Gasteiger partial charge is 0.270 e. The molecule has 0 spiro atoms. The van der Waals surface area contributed by atoms with Crippen LogP contribution in [0.25, 0.3) is 0 Å². The zero-order valence-electron chi connectivity index (χ0n) is 19.2. The van der Waals surface area contributed by atoms with Crippen molar-refractivity contribution in [2.45, 2.75) is 51.0 Å². The number of likely N-dealkylation sites (tertiary alicyclic amines) is 1. The van der Waals surface area contributed by atoms with E-state index in [-0.39, 0.29) is 17.7 Å². The number of nitrogens with zero attached hydrogens (tertiary/aromatic N) is 2. The van der Waals surface area contributed by atoms with Gasteiger partial charge in [-0.05, 0) is 81.3 Å². The average Bonchev–Trinajstić information content (AvgIpc) is 2.86. The normalized spacial score (nSPS) is 21.8. The highest BCUT2D eigenvalue weighted by Gasteiger charge is 2.28. The first kappa shape index (κ1) is 23.1. The second-order valence-electron chi connectivity index (χ2n) is 8.95. The molecular formula is C27H34N4O2. The van der Waals surface area contributed by atoms with Crippen LogP contribution >= 0.6 is 0 Å². The van der Waals surface area contributed by atoms with Gasteiger partial charge in [-0.1, -0.05) is 30.3 Å². The predicted molar refractivity (Wildman–Crippen MR) is 133 cm³/mol. The van der Waals surface area contributed by atoms with Gasteiger partial charge in [0.15, 0.2) is 0 Å². The van der Waals surface area contributed by atoms with Crippen molar-refractivity contribution in [1.29, 1.82) is 0 Å². The molecule has 1 amide bonds. The minimum atomic E-state index is -0.0620. The lowest BCUT2D eigenvalue weighted by atomic mass is 9.86. The fourth-order valence-electron chi connectivity index (χ4n) is 4.64. The number of hydrogen-bond donors (Lipinski definition) is 3. The summed E-state index contributed by atoms with van der Waals surface area (Å²) in [6, 6.07) is 17.5. The third kappa shape index (κ3) is 6.23. The molecule has 33 heavy (non-hydrogen) atoms. The summed E-state index contributed by atoms with van der Waals surface area (Å²) >= 11 is 0. The first-order valence-corrected chi connectivity index (χ1v) is 12.0. The molecule has 0 aromatic heterocycles. The molecule has 2 aromatic rings. The van der Waals surface area contributed by atoms with Gasteiger partial charge < -0.3 is 21.1 Å². The topological polar surface area (TPSA) is 91.0 Å². The van der Waals surface area contributed by atoms with E-state index < -0.39 is 0 Å². The molecule has 1 aliphatic heterocycles. The summed E-state index contributed by atoms with van der Waals surface area (Å²) in [5.74, 6) is 0.147. The number of phenolic OH excluding ortho intramolecular Hbond substituents is 1. The maximum absolute atomic E-state index is 13.2. The third-order valence-corrected chi connectivity index (χ3v) is 6.53. The molecular weight excluding hydrogens is 412 g/mol. The quantitative estimate of drug-likeness (QED) is 0.583. The number of hydrogen-bond acceptors (Lipinski definition) is 5. The number of piperidine rings is 1. The molecule has 6 nitrogen and oxygen atoms in total. The van der Waals surface area contributed by atoms with E-state index in [1.165, 1.54) is 12.0 Å². The fraction of sp³-hybridized carbons (Fsp3) is 0.407. The van der Waals surface area contributed by atoms with Crippen molar-refractivity contribution < 1.29 is 9.90 Å². The molecule has 174 valence electrons. The molecule has 2 aromatic carbocycles. The molecule has 1 atom stereocenters. The predicted octanol–water partition coefficient (Wildman–Crippen LogP) is 4.07. The van der Waals surface area contributed by atoms with E-state index in [2.05, 4.69) is 29.6 Å². The molecule has 4 N–H and O–H groups in total. The molecule has 1 aliphatic carbocycles. The van der Waals surface area contributed by atoms with Crippen LogP contribution in [-0.4, -0.2) is 47.3 Å². The van der Waals surface area contributed by atoms with Gasteiger partial charge in [-0.3, -0.25) is 9.79 Å². The van der Waals surface area contributed by atoms with Gasteiger partial charge in [0, 0.05) is 30.4 Å². The number of aliphatic imine (C=N–C) groups is 1. The van der Waals surface area contributed by atoms with Crippen LogP contribution in [0.5, 0.6) is 5.75 Å². The summed E-state index contributed by atoms with van der Waals surface area (Å²) in [6.45, 7) is 2.43. The lowest BCUT2D eigenvalue weighted by Gasteiger charge is -2.31. The van der Waals surface area contributed by atoms with E-state index in [9.17, 15) is 9.90 Å². The molecule has 1 unspecified atom stereocenters. The Morgan fingerprint density at radius 3 is 2.52 bits per heavy atom. The van der Waals surface area contributed by atoms with Crippen LogP contribution in [0.1, 0.15) is 44.1 Å². The maximum atomic E-state index is 13.2. The average molecular weight is 447 g/mol. The van der Waals surface area contributed by atoms with Crippen molar-refractivity contribution in [1.82, 2.24) is 10.2 Å². The van der Waals surface area contributed by atoms with Crippen LogP contribution in [0.15, 0.2) is 70.9 Å². The lowest BCUT2D eigenvalue weighted by Crippen LogP contribution is -2.41. The number of nitrogens with two attached hydrogens (primary N) is 1. The summed E-state index contributed by atoms with van der Waals surface area (Å²) in [5.41, 5.74) is 10.7. The zero-order valence-corrected chi connectivity index (χ0v) is 19.2. The van der Waals surface area contributed by atoms with Gasteiger partial charge in [-0.25, -0.2) is 0 Å². The highest BCUT2D eigenvalue weighted by atomic mass is 16.3. The molecule has 1 saturated carbocycles. The summed E-state index contributed by atoms with van der Waals surface area (Å²) in [5, 5.41) is 13.2. The van der Waals surface area contributed by atoms with Gasteiger partial charge in [0.1, 0.15) is 11.4 Å². The minimum Gasteiger partial charge on any atom is -0.508 e. The van der Waals surface area contributed by atoms with Crippen LogP contribution in [0.4, 0.5) is 5.69 Å². The second kappa shape index (κ2) is 11.1. The van der Waals surface area contributed by atoms with Crippen LogP contribution in [-0.2, 0) is 11.2 Å². The highest BCUT2D eigenvalue weighted by Crippen LogP contribution is 2.28. The van der Waals surface area contributed by atoms with Crippen molar-refractivity contribution in [2.75, 3.05) is 19.6 Å². The van der Waals surface area contributed by atoms with Crippen molar-refractivity contribution in [3.05, 3.63) is 71.4 Å². The van der Waals surface area contributed by atoms with Crippen LogP contribution < -0.4 is 11.1 Å².